The number of aromatic nitrogens is 1. The van der Waals surface area contributed by atoms with Gasteiger partial charge in [0.1, 0.15) is 29.8 Å². The van der Waals surface area contributed by atoms with Crippen molar-refractivity contribution in [3.8, 4) is 0 Å². The zero-order valence-corrected chi connectivity index (χ0v) is 27.8. The maximum absolute atomic E-state index is 14.5. The number of benzene rings is 2. The Morgan fingerprint density at radius 2 is 1.76 bits per heavy atom. The van der Waals surface area contributed by atoms with Gasteiger partial charge >= 0.3 is 6.09 Å². The van der Waals surface area contributed by atoms with E-state index in [0.717, 1.165) is 5.69 Å². The van der Waals surface area contributed by atoms with Crippen molar-refractivity contribution >= 4 is 57.6 Å². The van der Waals surface area contributed by atoms with E-state index in [1.54, 1.807) is 13.0 Å². The van der Waals surface area contributed by atoms with Gasteiger partial charge in [-0.25, -0.2) is 13.6 Å². The third-order valence-corrected chi connectivity index (χ3v) is 9.54. The summed E-state index contributed by atoms with van der Waals surface area (Å²) in [6.45, 7) is 7.16. The van der Waals surface area contributed by atoms with E-state index in [1.807, 2.05) is 20.8 Å². The van der Waals surface area contributed by atoms with Gasteiger partial charge in [0.25, 0.3) is 0 Å². The van der Waals surface area contributed by atoms with Gasteiger partial charge in [-0.05, 0) is 48.4 Å². The highest BCUT2D eigenvalue weighted by Crippen LogP contribution is 2.37. The number of carbonyl (C=O) groups is 3. The molecule has 0 spiro atoms. The number of thiocarbonyl (C=S) groups is 1. The Balaban J connectivity index is 1.66. The Kier molecular flexibility index (Phi) is 11.3. The van der Waals surface area contributed by atoms with Gasteiger partial charge in [0.05, 0.1) is 21.6 Å². The molecule has 0 saturated heterocycles. The summed E-state index contributed by atoms with van der Waals surface area (Å²) in [4.78, 5) is 44.5. The molecule has 3 aromatic rings. The maximum atomic E-state index is 14.5. The SMILES string of the molecule is CCC(C)C(NC(=O)OCc1ccccc1F)C(=O)N[C@]1(C(=O)N[C@H](C(N)=S)[C@@H](C)CC)CCc2[nH]c3c(Cl)cc(F)cc3c2C1. The smallest absolute Gasteiger partial charge is 0.408 e. The summed E-state index contributed by atoms with van der Waals surface area (Å²) in [6, 6.07) is 6.70. The summed E-state index contributed by atoms with van der Waals surface area (Å²) in [5.41, 5.74) is 6.65. The van der Waals surface area contributed by atoms with Crippen LogP contribution in [0.5, 0.6) is 0 Å². The highest BCUT2D eigenvalue weighted by atomic mass is 35.5. The predicted molar refractivity (Wildman–Crippen MR) is 177 cm³/mol. The van der Waals surface area contributed by atoms with Crippen LogP contribution in [-0.4, -0.2) is 45.5 Å². The van der Waals surface area contributed by atoms with Gasteiger partial charge in [0.2, 0.25) is 11.8 Å². The van der Waals surface area contributed by atoms with Crippen LogP contribution in [-0.2, 0) is 33.8 Å². The predicted octanol–water partition coefficient (Wildman–Crippen LogP) is 5.60. The topological polar surface area (TPSA) is 138 Å². The molecule has 46 heavy (non-hydrogen) atoms. The molecule has 1 aromatic heterocycles. The number of halogens is 3. The Morgan fingerprint density at radius 3 is 2.41 bits per heavy atom. The molecule has 0 saturated carbocycles. The molecule has 248 valence electrons. The van der Waals surface area contributed by atoms with E-state index in [0.29, 0.717) is 35.7 Å². The molecule has 1 heterocycles. The van der Waals surface area contributed by atoms with E-state index >= 15 is 0 Å². The Bertz CT molecular complexity index is 1630. The number of hydrogen-bond donors (Lipinski definition) is 5. The molecule has 1 aliphatic carbocycles. The summed E-state index contributed by atoms with van der Waals surface area (Å²) >= 11 is 11.6. The van der Waals surface area contributed by atoms with Gasteiger partial charge in [-0.1, -0.05) is 82.6 Å². The summed E-state index contributed by atoms with van der Waals surface area (Å²) in [7, 11) is 0. The zero-order chi connectivity index (χ0) is 33.8. The van der Waals surface area contributed by atoms with Crippen molar-refractivity contribution in [2.24, 2.45) is 17.6 Å². The number of H-pyrrole nitrogens is 1. The molecule has 0 aliphatic heterocycles. The monoisotopic (exact) mass is 675 g/mol. The lowest BCUT2D eigenvalue weighted by Gasteiger charge is -2.39. The first-order valence-electron chi connectivity index (χ1n) is 15.4. The molecule has 13 heteroatoms. The van der Waals surface area contributed by atoms with E-state index in [9.17, 15) is 23.2 Å². The van der Waals surface area contributed by atoms with Crippen LogP contribution in [0.4, 0.5) is 13.6 Å². The van der Waals surface area contributed by atoms with E-state index in [-0.39, 0.29) is 46.9 Å². The molecule has 4 rings (SSSR count). The van der Waals surface area contributed by atoms with Gasteiger partial charge < -0.3 is 31.4 Å². The quantitative estimate of drug-likeness (QED) is 0.159. The highest BCUT2D eigenvalue weighted by molar-refractivity contribution is 7.80. The second-order valence-electron chi connectivity index (χ2n) is 12.1. The van der Waals surface area contributed by atoms with Crippen LogP contribution >= 0.6 is 23.8 Å². The van der Waals surface area contributed by atoms with E-state index in [1.165, 1.54) is 30.3 Å². The van der Waals surface area contributed by atoms with Crippen molar-refractivity contribution in [1.82, 2.24) is 20.9 Å². The van der Waals surface area contributed by atoms with Crippen molar-refractivity contribution in [3.05, 3.63) is 69.9 Å². The fraction of sp³-hybridized carbons (Fsp3) is 0.455. The third-order valence-electron chi connectivity index (χ3n) is 8.99. The van der Waals surface area contributed by atoms with Crippen LogP contribution in [0.1, 0.15) is 63.8 Å². The Morgan fingerprint density at radius 1 is 1.09 bits per heavy atom. The van der Waals surface area contributed by atoms with Crippen molar-refractivity contribution in [3.63, 3.8) is 0 Å². The number of rotatable bonds is 12. The molecule has 3 amide bonds. The second kappa shape index (κ2) is 14.8. The molecule has 2 unspecified atom stereocenters. The summed E-state index contributed by atoms with van der Waals surface area (Å²) in [5.74, 6) is -2.65. The first kappa shape index (κ1) is 35.1. The molecule has 9 nitrogen and oxygen atoms in total. The van der Waals surface area contributed by atoms with Crippen LogP contribution in [0, 0.1) is 23.5 Å². The first-order valence-corrected chi connectivity index (χ1v) is 16.2. The van der Waals surface area contributed by atoms with Crippen LogP contribution in [0.3, 0.4) is 0 Å². The lowest BCUT2D eigenvalue weighted by atomic mass is 9.78. The molecule has 2 aromatic carbocycles. The van der Waals surface area contributed by atoms with Gasteiger partial charge in [0.15, 0.2) is 0 Å². The molecule has 0 bridgehead atoms. The van der Waals surface area contributed by atoms with Crippen molar-refractivity contribution in [2.75, 3.05) is 0 Å². The average molecular weight is 676 g/mol. The average Bonchev–Trinajstić information content (AvgIpc) is 3.38. The van der Waals surface area contributed by atoms with E-state index in [4.69, 9.17) is 34.3 Å². The number of nitrogens with one attached hydrogen (secondary N) is 4. The van der Waals surface area contributed by atoms with Gasteiger partial charge in [0, 0.05) is 23.1 Å². The zero-order valence-electron chi connectivity index (χ0n) is 26.3. The summed E-state index contributed by atoms with van der Waals surface area (Å²) in [5, 5.41) is 9.23. The lowest BCUT2D eigenvalue weighted by molar-refractivity contribution is -0.136. The standard InChI is InChI=1S/C33H40ClF2N5O4S/c1-5-17(3)26(29(37)46)39-31(43)33(12-11-25-22(15-33)21-13-20(35)14-23(34)28(21)38-25)41-30(42)27(18(4)6-2)40-32(44)45-16-19-9-7-8-10-24(19)36/h7-10,13-14,17-18,26-27,38H,5-6,11-12,15-16H2,1-4H3,(H2,37,46)(H,39,43)(H,40,44)(H,41,42)/t17-,18?,26-,27?,33+/m0/s1. The highest BCUT2D eigenvalue weighted by Gasteiger charge is 2.46. The number of carbonyl (C=O) groups excluding carboxylic acids is 3. The van der Waals surface area contributed by atoms with Crippen LogP contribution in [0.15, 0.2) is 36.4 Å². The minimum absolute atomic E-state index is 0.00913. The Hall–Kier alpha value is -3.77. The third kappa shape index (κ3) is 7.60. The number of ether oxygens (including phenoxy) is 1. The van der Waals surface area contributed by atoms with Gasteiger partial charge in [-0.2, -0.15) is 0 Å². The fourth-order valence-corrected chi connectivity index (χ4v) is 6.32. The molecule has 0 fully saturated rings. The number of alkyl carbamates (subject to hydrolysis) is 1. The minimum Gasteiger partial charge on any atom is -0.445 e. The van der Waals surface area contributed by atoms with Crippen LogP contribution < -0.4 is 21.7 Å². The first-order chi connectivity index (χ1) is 21.8. The molecular formula is C33H40ClF2N5O4S. The van der Waals surface area contributed by atoms with Crippen molar-refractivity contribution in [2.45, 2.75) is 84.0 Å². The maximum Gasteiger partial charge on any atom is 0.408 e. The minimum atomic E-state index is -1.51. The molecule has 1 aliphatic rings. The number of hydrogen-bond acceptors (Lipinski definition) is 5. The molecule has 5 atom stereocenters. The van der Waals surface area contributed by atoms with E-state index in [2.05, 4.69) is 20.9 Å². The van der Waals surface area contributed by atoms with Crippen LogP contribution in [0.2, 0.25) is 5.02 Å². The number of aromatic amines is 1. The lowest BCUT2D eigenvalue weighted by Crippen LogP contribution is -2.67. The number of nitrogens with two attached hydrogens (primary N) is 1. The summed E-state index contributed by atoms with van der Waals surface area (Å²) < 4.78 is 33.8. The van der Waals surface area contributed by atoms with Gasteiger partial charge in [-0.3, -0.25) is 9.59 Å². The fourth-order valence-electron chi connectivity index (χ4n) is 5.78. The second-order valence-corrected chi connectivity index (χ2v) is 12.9. The Labute approximate surface area is 277 Å². The normalized spacial score (nSPS) is 18.5. The molecular weight excluding hydrogens is 636 g/mol. The number of aryl methyl sites for hydroxylation is 1. The van der Waals surface area contributed by atoms with E-state index < -0.39 is 47.2 Å². The largest absolute Gasteiger partial charge is 0.445 e. The molecule has 6 N–H and O–H groups in total. The van der Waals surface area contributed by atoms with Crippen molar-refractivity contribution in [1.29, 1.82) is 0 Å². The molecule has 0 radical (unpaired) electrons. The van der Waals surface area contributed by atoms with Crippen LogP contribution in [0.25, 0.3) is 10.9 Å². The van der Waals surface area contributed by atoms with Crippen molar-refractivity contribution < 1.29 is 27.9 Å². The van der Waals surface area contributed by atoms with Gasteiger partial charge in [-0.15, -0.1) is 0 Å². The number of amides is 3. The number of fused-ring (bicyclic) bond motifs is 3. The summed E-state index contributed by atoms with van der Waals surface area (Å²) in [6.07, 6.45) is 0.798.